The molecule has 1 aliphatic heterocycles. The maximum Gasteiger partial charge on any atom is 0.308 e. The van der Waals surface area contributed by atoms with Gasteiger partial charge in [0.05, 0.1) is 12.3 Å². The molecule has 2 fully saturated rings. The van der Waals surface area contributed by atoms with Crippen LogP contribution in [0.1, 0.15) is 29.8 Å². The van der Waals surface area contributed by atoms with Crippen LogP contribution in [0.15, 0.2) is 0 Å². The van der Waals surface area contributed by atoms with Crippen molar-refractivity contribution in [1.82, 2.24) is 14.9 Å². The van der Waals surface area contributed by atoms with Crippen LogP contribution in [-0.2, 0) is 16.0 Å². The number of anilines is 1. The molecule has 0 unspecified atom stereocenters. The Bertz CT molecular complexity index is 634. The van der Waals surface area contributed by atoms with Gasteiger partial charge in [-0.1, -0.05) is 0 Å². The number of amides is 1. The number of nitrogens with two attached hydrogens (primary N) is 1. The van der Waals surface area contributed by atoms with E-state index in [0.29, 0.717) is 30.4 Å². The Kier molecular flexibility index (Phi) is 3.95. The molecule has 0 bridgehead atoms. The van der Waals surface area contributed by atoms with Crippen LogP contribution in [0.25, 0.3) is 0 Å². The van der Waals surface area contributed by atoms with Gasteiger partial charge in [-0.2, -0.15) is 0 Å². The molecule has 1 aromatic rings. The van der Waals surface area contributed by atoms with Crippen LogP contribution < -0.4 is 5.73 Å². The number of hydrogen-bond acceptors (Lipinski definition) is 5. The largest absolute Gasteiger partial charge is 0.481 e. The van der Waals surface area contributed by atoms with E-state index in [9.17, 15) is 14.7 Å². The molecule has 0 aromatic carbocycles. The Hall–Kier alpha value is -2.18. The van der Waals surface area contributed by atoms with Gasteiger partial charge in [0.1, 0.15) is 0 Å². The normalized spacial score (nSPS) is 24.0. The summed E-state index contributed by atoms with van der Waals surface area (Å²) in [4.78, 5) is 34.0. The monoisotopic (exact) mass is 318 g/mol. The van der Waals surface area contributed by atoms with Crippen molar-refractivity contribution < 1.29 is 14.7 Å². The molecule has 1 saturated heterocycles. The van der Waals surface area contributed by atoms with E-state index in [4.69, 9.17) is 5.73 Å². The van der Waals surface area contributed by atoms with E-state index in [1.165, 1.54) is 0 Å². The number of carbonyl (C=O) groups excluding carboxylic acids is 1. The highest BCUT2D eigenvalue weighted by Crippen LogP contribution is 2.44. The lowest BCUT2D eigenvalue weighted by Gasteiger charge is -2.17. The van der Waals surface area contributed by atoms with E-state index in [0.717, 1.165) is 18.4 Å². The second-order valence-electron chi connectivity index (χ2n) is 6.65. The number of nitrogen functional groups attached to an aromatic ring is 1. The third-order valence-electron chi connectivity index (χ3n) is 5.03. The number of rotatable bonds is 4. The average Bonchev–Trinajstić information content (AvgIpc) is 3.20. The number of hydrogen-bond donors (Lipinski definition) is 2. The number of aryl methyl sites for hydroxylation is 2. The minimum absolute atomic E-state index is 0.0565. The smallest absolute Gasteiger partial charge is 0.308 e. The number of nitrogens with zero attached hydrogens (tertiary/aromatic N) is 3. The van der Waals surface area contributed by atoms with Gasteiger partial charge >= 0.3 is 5.97 Å². The summed E-state index contributed by atoms with van der Waals surface area (Å²) in [7, 11) is 0. The van der Waals surface area contributed by atoms with Crippen LogP contribution >= 0.6 is 0 Å². The molecule has 1 aromatic heterocycles. The minimum Gasteiger partial charge on any atom is -0.481 e. The Morgan fingerprint density at radius 3 is 2.35 bits per heavy atom. The quantitative estimate of drug-likeness (QED) is 0.849. The van der Waals surface area contributed by atoms with Crippen molar-refractivity contribution in [3.63, 3.8) is 0 Å². The molecule has 0 spiro atoms. The van der Waals surface area contributed by atoms with E-state index in [1.54, 1.807) is 4.90 Å². The fourth-order valence-corrected chi connectivity index (χ4v) is 3.58. The van der Waals surface area contributed by atoms with Crippen LogP contribution in [0.5, 0.6) is 0 Å². The Labute approximate surface area is 134 Å². The van der Waals surface area contributed by atoms with Crippen molar-refractivity contribution in [1.29, 1.82) is 0 Å². The van der Waals surface area contributed by atoms with Gasteiger partial charge in [0.2, 0.25) is 11.9 Å². The van der Waals surface area contributed by atoms with Gasteiger partial charge in [0.15, 0.2) is 0 Å². The van der Waals surface area contributed by atoms with Crippen LogP contribution in [0, 0.1) is 31.6 Å². The third-order valence-corrected chi connectivity index (χ3v) is 5.03. The van der Waals surface area contributed by atoms with E-state index in [1.807, 2.05) is 13.8 Å². The minimum atomic E-state index is -0.791. The number of aromatic nitrogens is 2. The summed E-state index contributed by atoms with van der Waals surface area (Å²) in [6, 6.07) is 0. The van der Waals surface area contributed by atoms with Crippen molar-refractivity contribution in [2.75, 3.05) is 18.8 Å². The lowest BCUT2D eigenvalue weighted by Crippen LogP contribution is -2.31. The molecule has 23 heavy (non-hydrogen) atoms. The van der Waals surface area contributed by atoms with Gasteiger partial charge in [0.25, 0.3) is 0 Å². The zero-order valence-electron chi connectivity index (χ0n) is 13.5. The summed E-state index contributed by atoms with van der Waals surface area (Å²) in [6.45, 7) is 4.48. The molecule has 2 heterocycles. The summed E-state index contributed by atoms with van der Waals surface area (Å²) in [6.07, 6.45) is 2.36. The Balaban J connectivity index is 1.73. The van der Waals surface area contributed by atoms with Gasteiger partial charge < -0.3 is 15.7 Å². The molecule has 1 amide bonds. The molecule has 3 N–H and O–H groups in total. The van der Waals surface area contributed by atoms with E-state index in [2.05, 4.69) is 9.97 Å². The highest BCUT2D eigenvalue weighted by molar-refractivity contribution is 5.81. The molecule has 124 valence electrons. The molecule has 1 aliphatic carbocycles. The molecule has 0 radical (unpaired) electrons. The molecular formula is C16H22N4O3. The van der Waals surface area contributed by atoms with Crippen LogP contribution in [-0.4, -0.2) is 44.9 Å². The van der Waals surface area contributed by atoms with Gasteiger partial charge in [0, 0.05) is 30.0 Å². The molecular weight excluding hydrogens is 296 g/mol. The van der Waals surface area contributed by atoms with Crippen LogP contribution in [0.2, 0.25) is 0 Å². The molecule has 2 aliphatic rings. The standard InChI is InChI=1S/C16H22N4O3/c1-8-11(9(2)19-16(17)18-8)5-14(21)20-6-12(10-3-4-10)13(7-20)15(22)23/h10,12-13H,3-7H2,1-2H3,(H,22,23)(H2,17,18,19)/t12-,13+/m0/s1. The summed E-state index contributed by atoms with van der Waals surface area (Å²) in [5, 5.41) is 9.40. The summed E-state index contributed by atoms with van der Waals surface area (Å²) in [5.41, 5.74) is 7.80. The first-order chi connectivity index (χ1) is 10.9. The number of carboxylic acids is 1. The predicted molar refractivity (Wildman–Crippen MR) is 83.5 cm³/mol. The van der Waals surface area contributed by atoms with Crippen LogP contribution in [0.4, 0.5) is 5.95 Å². The highest BCUT2D eigenvalue weighted by Gasteiger charge is 2.46. The maximum atomic E-state index is 12.6. The Morgan fingerprint density at radius 1 is 1.22 bits per heavy atom. The lowest BCUT2D eigenvalue weighted by molar-refractivity contribution is -0.142. The summed E-state index contributed by atoms with van der Waals surface area (Å²) < 4.78 is 0. The molecule has 3 rings (SSSR count). The fraction of sp³-hybridized carbons (Fsp3) is 0.625. The second-order valence-corrected chi connectivity index (χ2v) is 6.65. The van der Waals surface area contributed by atoms with Crippen molar-refractivity contribution in [2.24, 2.45) is 17.8 Å². The zero-order chi connectivity index (χ0) is 16.7. The van der Waals surface area contributed by atoms with Crippen molar-refractivity contribution in [2.45, 2.75) is 33.1 Å². The Morgan fingerprint density at radius 2 is 1.83 bits per heavy atom. The first-order valence-corrected chi connectivity index (χ1v) is 7.97. The maximum absolute atomic E-state index is 12.6. The molecule has 7 nitrogen and oxygen atoms in total. The van der Waals surface area contributed by atoms with Crippen LogP contribution in [0.3, 0.4) is 0 Å². The van der Waals surface area contributed by atoms with Crippen molar-refractivity contribution in [3.8, 4) is 0 Å². The predicted octanol–water partition coefficient (Wildman–Crippen LogP) is 0.787. The van der Waals surface area contributed by atoms with Gasteiger partial charge in [-0.3, -0.25) is 9.59 Å². The van der Waals surface area contributed by atoms with Gasteiger partial charge in [-0.25, -0.2) is 9.97 Å². The molecule has 2 atom stereocenters. The van der Waals surface area contributed by atoms with E-state index in [-0.39, 0.29) is 24.2 Å². The first kappa shape index (κ1) is 15.7. The highest BCUT2D eigenvalue weighted by atomic mass is 16.4. The number of aliphatic carboxylic acids is 1. The third kappa shape index (κ3) is 3.13. The number of likely N-dealkylation sites (tertiary alicyclic amines) is 1. The summed E-state index contributed by atoms with van der Waals surface area (Å²) in [5.74, 6) is -0.508. The number of carboxylic acid groups (broad SMARTS) is 1. The second kappa shape index (κ2) is 5.79. The molecule has 7 heteroatoms. The SMILES string of the molecule is Cc1nc(N)nc(C)c1CC(=O)N1C[C@@H](C(=O)O)[C@H](C2CC2)C1. The average molecular weight is 318 g/mol. The molecule has 1 saturated carbocycles. The fourth-order valence-electron chi connectivity index (χ4n) is 3.58. The van der Waals surface area contributed by atoms with E-state index >= 15 is 0 Å². The number of carbonyl (C=O) groups is 2. The van der Waals surface area contributed by atoms with Crippen molar-refractivity contribution >= 4 is 17.8 Å². The lowest BCUT2D eigenvalue weighted by atomic mass is 9.92. The first-order valence-electron chi connectivity index (χ1n) is 7.97. The topological polar surface area (TPSA) is 109 Å². The van der Waals surface area contributed by atoms with E-state index < -0.39 is 11.9 Å². The van der Waals surface area contributed by atoms with Gasteiger partial charge in [-0.05, 0) is 38.5 Å². The summed E-state index contributed by atoms with van der Waals surface area (Å²) >= 11 is 0. The van der Waals surface area contributed by atoms with Gasteiger partial charge in [-0.15, -0.1) is 0 Å². The van der Waals surface area contributed by atoms with Crippen molar-refractivity contribution in [3.05, 3.63) is 17.0 Å². The zero-order valence-corrected chi connectivity index (χ0v) is 13.5.